The second-order valence-corrected chi connectivity index (χ2v) is 8.60. The van der Waals surface area contributed by atoms with Crippen LogP contribution in [0, 0.1) is 0 Å². The largest absolute Gasteiger partial charge is 0.462 e. The molecule has 3 aromatic carbocycles. The van der Waals surface area contributed by atoms with Gasteiger partial charge in [0.05, 0.1) is 5.56 Å². The van der Waals surface area contributed by atoms with Gasteiger partial charge in [-0.3, -0.25) is 4.79 Å². The fourth-order valence-corrected chi connectivity index (χ4v) is 4.28. The van der Waals surface area contributed by atoms with E-state index in [9.17, 15) is 9.59 Å². The van der Waals surface area contributed by atoms with E-state index in [1.165, 1.54) is 6.92 Å². The number of carbonyl (C=O) groups excluding carboxylic acids is 2. The Labute approximate surface area is 206 Å². The van der Waals surface area contributed by atoms with Crippen molar-refractivity contribution in [3.63, 3.8) is 0 Å². The van der Waals surface area contributed by atoms with Crippen LogP contribution in [0.25, 0.3) is 21.7 Å². The summed E-state index contributed by atoms with van der Waals surface area (Å²) >= 11 is 0. The summed E-state index contributed by atoms with van der Waals surface area (Å²) in [5.41, 5.74) is 1.64. The Bertz CT molecular complexity index is 1330. The molecule has 0 saturated carbocycles. The van der Waals surface area contributed by atoms with Crippen molar-refractivity contribution in [1.82, 2.24) is 4.57 Å². The van der Waals surface area contributed by atoms with Crippen molar-refractivity contribution in [2.45, 2.75) is 45.6 Å². The summed E-state index contributed by atoms with van der Waals surface area (Å²) in [7, 11) is 0. The number of nitrogens with zero attached hydrogens (tertiary/aromatic N) is 1. The highest BCUT2D eigenvalue weighted by atomic mass is 16.5. The highest BCUT2D eigenvalue weighted by Gasteiger charge is 2.17. The molecule has 5 nitrogen and oxygen atoms in total. The Kier molecular flexibility index (Phi) is 8.34. The number of esters is 2. The molecule has 0 unspecified atom stereocenters. The van der Waals surface area contributed by atoms with Crippen LogP contribution in [0.5, 0.6) is 5.75 Å². The fraction of sp³-hybridized carbons (Fsp3) is 0.267. The van der Waals surface area contributed by atoms with E-state index < -0.39 is 0 Å². The number of rotatable bonds is 11. The minimum absolute atomic E-state index is 0.253. The van der Waals surface area contributed by atoms with Gasteiger partial charge in [0.2, 0.25) is 0 Å². The van der Waals surface area contributed by atoms with Crippen LogP contribution < -0.4 is 4.74 Å². The molecule has 1 aromatic heterocycles. The van der Waals surface area contributed by atoms with Crippen molar-refractivity contribution < 1.29 is 19.1 Å². The molecule has 1 heterocycles. The van der Waals surface area contributed by atoms with Gasteiger partial charge >= 0.3 is 11.9 Å². The average molecular weight is 470 g/mol. The van der Waals surface area contributed by atoms with E-state index in [1.807, 2.05) is 72.9 Å². The number of unbranched alkanes of at least 4 members (excludes halogenated alkanes) is 4. The molecule has 0 spiro atoms. The van der Waals surface area contributed by atoms with Crippen LogP contribution in [-0.4, -0.2) is 23.1 Å². The second kappa shape index (κ2) is 12.0. The van der Waals surface area contributed by atoms with E-state index in [0.717, 1.165) is 60.3 Å². The van der Waals surface area contributed by atoms with Crippen LogP contribution in [0.15, 0.2) is 85.1 Å². The number of allylic oxidation sites excluding steroid dienone is 1. The molecular weight excluding hydrogens is 438 g/mol. The van der Waals surface area contributed by atoms with Crippen molar-refractivity contribution in [3.05, 3.63) is 90.6 Å². The van der Waals surface area contributed by atoms with Gasteiger partial charge in [-0.1, -0.05) is 79.6 Å². The number of para-hydroxylation sites is 1. The maximum atomic E-state index is 13.2. The maximum Gasteiger partial charge on any atom is 0.345 e. The van der Waals surface area contributed by atoms with E-state index in [1.54, 1.807) is 0 Å². The molecular formula is C30H31NO4. The summed E-state index contributed by atoms with van der Waals surface area (Å²) < 4.78 is 12.9. The Balaban J connectivity index is 1.35. The molecule has 4 aromatic rings. The first-order valence-electron chi connectivity index (χ1n) is 12.2. The molecule has 0 radical (unpaired) electrons. The lowest BCUT2D eigenvalue weighted by atomic mass is 10.1. The summed E-state index contributed by atoms with van der Waals surface area (Å²) in [4.78, 5) is 23.9. The van der Waals surface area contributed by atoms with E-state index in [0.29, 0.717) is 17.9 Å². The predicted octanol–water partition coefficient (Wildman–Crippen LogP) is 7.08. The quantitative estimate of drug-likeness (QED) is 0.102. The molecule has 0 saturated heterocycles. The minimum atomic E-state index is -0.336. The smallest absolute Gasteiger partial charge is 0.345 e. The lowest BCUT2D eigenvalue weighted by molar-refractivity contribution is -0.139. The van der Waals surface area contributed by atoms with Gasteiger partial charge < -0.3 is 14.0 Å². The van der Waals surface area contributed by atoms with Crippen LogP contribution >= 0.6 is 0 Å². The summed E-state index contributed by atoms with van der Waals surface area (Å²) in [6.45, 7) is 2.62. The fourth-order valence-electron chi connectivity index (χ4n) is 4.28. The molecule has 0 aliphatic rings. The van der Waals surface area contributed by atoms with Gasteiger partial charge in [-0.05, 0) is 36.8 Å². The van der Waals surface area contributed by atoms with Crippen LogP contribution in [0.4, 0.5) is 0 Å². The molecule has 35 heavy (non-hydrogen) atoms. The summed E-state index contributed by atoms with van der Waals surface area (Å²) in [6, 6.07) is 21.7. The van der Waals surface area contributed by atoms with Crippen molar-refractivity contribution >= 4 is 33.6 Å². The van der Waals surface area contributed by atoms with Gasteiger partial charge in [0.15, 0.2) is 0 Å². The van der Waals surface area contributed by atoms with Crippen molar-refractivity contribution in [2.75, 3.05) is 6.61 Å². The summed E-state index contributed by atoms with van der Waals surface area (Å²) in [5.74, 6) is -0.0131. The first kappa shape index (κ1) is 24.3. The molecule has 0 fully saturated rings. The highest BCUT2D eigenvalue weighted by molar-refractivity contribution is 6.06. The molecule has 4 rings (SSSR count). The SMILES string of the molecule is CC(=O)OC/C=C/CCCCCCn1cc(C(=O)Oc2cccc3ccccc23)c2ccccc21. The highest BCUT2D eigenvalue weighted by Crippen LogP contribution is 2.28. The zero-order valence-electron chi connectivity index (χ0n) is 20.1. The lowest BCUT2D eigenvalue weighted by Crippen LogP contribution is -2.08. The molecule has 0 aliphatic carbocycles. The van der Waals surface area contributed by atoms with Crippen LogP contribution in [0.2, 0.25) is 0 Å². The Hall–Kier alpha value is -3.86. The zero-order valence-corrected chi connectivity index (χ0v) is 20.1. The third kappa shape index (κ3) is 6.38. The topological polar surface area (TPSA) is 57.5 Å². The van der Waals surface area contributed by atoms with Crippen LogP contribution in [0.1, 0.15) is 49.4 Å². The normalized spacial score (nSPS) is 11.3. The molecule has 0 bridgehead atoms. The number of fused-ring (bicyclic) bond motifs is 2. The standard InChI is InChI=1S/C30H31NO4/c1-23(32)34-21-12-6-4-2-3-5-11-20-31-22-27(26-17-9-10-18-28(26)31)30(33)35-29-19-13-15-24-14-7-8-16-25(24)29/h6-10,12-19,22H,2-5,11,20-21H2,1H3/b12-6+. The van der Waals surface area contributed by atoms with E-state index in [4.69, 9.17) is 9.47 Å². The summed E-state index contributed by atoms with van der Waals surface area (Å²) in [5, 5.41) is 2.88. The first-order valence-corrected chi connectivity index (χ1v) is 12.2. The van der Waals surface area contributed by atoms with E-state index >= 15 is 0 Å². The molecule has 0 amide bonds. The molecule has 0 atom stereocenters. The van der Waals surface area contributed by atoms with Crippen LogP contribution in [-0.2, 0) is 16.1 Å². The number of ether oxygens (including phenoxy) is 2. The number of hydrogen-bond acceptors (Lipinski definition) is 4. The van der Waals surface area contributed by atoms with Gasteiger partial charge in [0.25, 0.3) is 0 Å². The third-order valence-electron chi connectivity index (χ3n) is 6.03. The molecule has 0 aliphatic heterocycles. The lowest BCUT2D eigenvalue weighted by Gasteiger charge is -2.07. The van der Waals surface area contributed by atoms with Gasteiger partial charge in [-0.2, -0.15) is 0 Å². The average Bonchev–Trinajstić information content (AvgIpc) is 3.24. The van der Waals surface area contributed by atoms with Gasteiger partial charge in [0, 0.05) is 36.0 Å². The number of benzene rings is 3. The van der Waals surface area contributed by atoms with Crippen molar-refractivity contribution in [1.29, 1.82) is 0 Å². The number of aromatic nitrogens is 1. The number of aryl methyl sites for hydroxylation is 1. The van der Waals surface area contributed by atoms with Gasteiger partial charge in [0.1, 0.15) is 12.4 Å². The third-order valence-corrected chi connectivity index (χ3v) is 6.03. The zero-order chi connectivity index (χ0) is 24.5. The predicted molar refractivity (Wildman–Crippen MR) is 140 cm³/mol. The van der Waals surface area contributed by atoms with E-state index in [2.05, 4.69) is 16.7 Å². The maximum absolute atomic E-state index is 13.2. The first-order chi connectivity index (χ1) is 17.1. The Morgan fingerprint density at radius 1 is 0.829 bits per heavy atom. The van der Waals surface area contributed by atoms with Crippen molar-refractivity contribution in [2.24, 2.45) is 0 Å². The number of carbonyl (C=O) groups is 2. The number of hydrogen-bond donors (Lipinski definition) is 0. The molecule has 180 valence electrons. The Morgan fingerprint density at radius 3 is 2.43 bits per heavy atom. The molecule has 5 heteroatoms. The van der Waals surface area contributed by atoms with E-state index in [-0.39, 0.29) is 11.9 Å². The Morgan fingerprint density at radius 2 is 1.57 bits per heavy atom. The van der Waals surface area contributed by atoms with Crippen molar-refractivity contribution in [3.8, 4) is 5.75 Å². The summed E-state index contributed by atoms with van der Waals surface area (Å²) in [6.07, 6.45) is 11.3. The monoisotopic (exact) mass is 469 g/mol. The molecule has 0 N–H and O–H groups in total. The van der Waals surface area contributed by atoms with Gasteiger partial charge in [-0.25, -0.2) is 4.79 Å². The van der Waals surface area contributed by atoms with Crippen LogP contribution in [0.3, 0.4) is 0 Å². The van der Waals surface area contributed by atoms with Gasteiger partial charge in [-0.15, -0.1) is 0 Å². The minimum Gasteiger partial charge on any atom is -0.462 e. The second-order valence-electron chi connectivity index (χ2n) is 8.60.